The molecule has 3 nitrogen and oxygen atoms in total. The lowest BCUT2D eigenvalue weighted by Gasteiger charge is -2.05. The SMILES string of the molecule is CCOC(=O)c1cccc(CC(=O)c2ccccc2)c1. The van der Waals surface area contributed by atoms with E-state index in [-0.39, 0.29) is 18.2 Å². The van der Waals surface area contributed by atoms with Crippen LogP contribution in [0.1, 0.15) is 33.2 Å². The molecule has 102 valence electrons. The van der Waals surface area contributed by atoms with Gasteiger partial charge >= 0.3 is 5.97 Å². The Morgan fingerprint density at radius 2 is 1.65 bits per heavy atom. The summed E-state index contributed by atoms with van der Waals surface area (Å²) < 4.78 is 4.95. The lowest BCUT2D eigenvalue weighted by atomic mass is 10.0. The van der Waals surface area contributed by atoms with Gasteiger partial charge in [0.1, 0.15) is 0 Å². The number of hydrogen-bond donors (Lipinski definition) is 0. The molecular formula is C17H16O3. The number of Topliss-reactive ketones (excluding diaryl/α,β-unsaturated/α-hetero) is 1. The molecule has 0 aliphatic heterocycles. The van der Waals surface area contributed by atoms with Crippen molar-refractivity contribution in [2.24, 2.45) is 0 Å². The van der Waals surface area contributed by atoms with Gasteiger partial charge in [0, 0.05) is 12.0 Å². The van der Waals surface area contributed by atoms with Crippen molar-refractivity contribution in [3.05, 3.63) is 71.3 Å². The van der Waals surface area contributed by atoms with E-state index >= 15 is 0 Å². The molecule has 0 radical (unpaired) electrons. The third-order valence-electron chi connectivity index (χ3n) is 2.90. The predicted octanol–water partition coefficient (Wildman–Crippen LogP) is 3.29. The standard InChI is InChI=1S/C17H16O3/c1-2-20-17(19)15-10-6-7-13(11-15)12-16(18)14-8-4-3-5-9-14/h3-11H,2,12H2,1H3. The molecule has 2 rings (SSSR count). The molecule has 2 aromatic carbocycles. The van der Waals surface area contributed by atoms with E-state index in [9.17, 15) is 9.59 Å². The molecule has 20 heavy (non-hydrogen) atoms. The summed E-state index contributed by atoms with van der Waals surface area (Å²) in [4.78, 5) is 23.8. The Bertz CT molecular complexity index is 603. The molecule has 0 spiro atoms. The maximum atomic E-state index is 12.1. The van der Waals surface area contributed by atoms with Crippen molar-refractivity contribution in [2.45, 2.75) is 13.3 Å². The molecule has 0 amide bonds. The van der Waals surface area contributed by atoms with E-state index in [1.807, 2.05) is 24.3 Å². The highest BCUT2D eigenvalue weighted by molar-refractivity contribution is 5.98. The van der Waals surface area contributed by atoms with Gasteiger partial charge in [-0.15, -0.1) is 0 Å². The van der Waals surface area contributed by atoms with Crippen LogP contribution in [-0.4, -0.2) is 18.4 Å². The molecule has 0 aliphatic rings. The minimum absolute atomic E-state index is 0.0339. The average molecular weight is 268 g/mol. The summed E-state index contributed by atoms with van der Waals surface area (Å²) in [5.41, 5.74) is 1.96. The number of benzene rings is 2. The maximum Gasteiger partial charge on any atom is 0.338 e. The minimum atomic E-state index is -0.360. The van der Waals surface area contributed by atoms with Crippen LogP contribution in [0.3, 0.4) is 0 Å². The second-order valence-corrected chi connectivity index (χ2v) is 4.39. The van der Waals surface area contributed by atoms with Gasteiger partial charge in [-0.25, -0.2) is 4.79 Å². The summed E-state index contributed by atoms with van der Waals surface area (Å²) in [6.45, 7) is 2.10. The topological polar surface area (TPSA) is 43.4 Å². The van der Waals surface area contributed by atoms with Gasteiger partial charge in [0.25, 0.3) is 0 Å². The fourth-order valence-corrected chi connectivity index (χ4v) is 1.93. The molecule has 0 atom stereocenters. The van der Waals surface area contributed by atoms with Crippen LogP contribution in [0, 0.1) is 0 Å². The molecule has 0 unspecified atom stereocenters. The van der Waals surface area contributed by atoms with Crippen LogP contribution in [0.5, 0.6) is 0 Å². The normalized spacial score (nSPS) is 10.1. The van der Waals surface area contributed by atoms with E-state index < -0.39 is 0 Å². The summed E-state index contributed by atoms with van der Waals surface area (Å²) in [5.74, 6) is -0.326. The Labute approximate surface area is 118 Å². The monoisotopic (exact) mass is 268 g/mol. The zero-order valence-electron chi connectivity index (χ0n) is 11.3. The van der Waals surface area contributed by atoms with Crippen molar-refractivity contribution in [3.63, 3.8) is 0 Å². The number of carbonyl (C=O) groups excluding carboxylic acids is 2. The summed E-state index contributed by atoms with van der Waals surface area (Å²) >= 11 is 0. The number of hydrogen-bond acceptors (Lipinski definition) is 3. The van der Waals surface area contributed by atoms with Crippen LogP contribution >= 0.6 is 0 Å². The fourth-order valence-electron chi connectivity index (χ4n) is 1.93. The molecule has 0 aliphatic carbocycles. The van der Waals surface area contributed by atoms with Crippen molar-refractivity contribution in [3.8, 4) is 0 Å². The van der Waals surface area contributed by atoms with E-state index in [0.717, 1.165) is 5.56 Å². The maximum absolute atomic E-state index is 12.1. The first kappa shape index (κ1) is 14.0. The van der Waals surface area contributed by atoms with Crippen LogP contribution in [0.2, 0.25) is 0 Å². The van der Waals surface area contributed by atoms with Crippen molar-refractivity contribution >= 4 is 11.8 Å². The summed E-state index contributed by atoms with van der Waals surface area (Å²) in [7, 11) is 0. The first-order valence-electron chi connectivity index (χ1n) is 6.55. The first-order chi connectivity index (χ1) is 9.70. The third-order valence-corrected chi connectivity index (χ3v) is 2.90. The first-order valence-corrected chi connectivity index (χ1v) is 6.55. The van der Waals surface area contributed by atoms with Crippen molar-refractivity contribution < 1.29 is 14.3 Å². The number of esters is 1. The van der Waals surface area contributed by atoms with Gasteiger partial charge in [-0.3, -0.25) is 4.79 Å². The van der Waals surface area contributed by atoms with Gasteiger partial charge in [0.2, 0.25) is 0 Å². The highest BCUT2D eigenvalue weighted by Gasteiger charge is 2.10. The van der Waals surface area contributed by atoms with E-state index in [2.05, 4.69) is 0 Å². The number of ether oxygens (including phenoxy) is 1. The van der Waals surface area contributed by atoms with Crippen LogP contribution < -0.4 is 0 Å². The van der Waals surface area contributed by atoms with Crippen LogP contribution in [-0.2, 0) is 11.2 Å². The Hall–Kier alpha value is -2.42. The molecule has 0 heterocycles. The second-order valence-electron chi connectivity index (χ2n) is 4.39. The number of carbonyl (C=O) groups is 2. The van der Waals surface area contributed by atoms with Crippen LogP contribution in [0.15, 0.2) is 54.6 Å². The predicted molar refractivity (Wildman–Crippen MR) is 76.9 cm³/mol. The van der Waals surface area contributed by atoms with E-state index in [0.29, 0.717) is 17.7 Å². The van der Waals surface area contributed by atoms with E-state index in [1.165, 1.54) is 0 Å². The highest BCUT2D eigenvalue weighted by Crippen LogP contribution is 2.11. The van der Waals surface area contributed by atoms with Crippen LogP contribution in [0.25, 0.3) is 0 Å². The van der Waals surface area contributed by atoms with Crippen LogP contribution in [0.4, 0.5) is 0 Å². The third kappa shape index (κ3) is 3.54. The highest BCUT2D eigenvalue weighted by atomic mass is 16.5. The lowest BCUT2D eigenvalue weighted by molar-refractivity contribution is 0.0526. The Kier molecular flexibility index (Phi) is 4.66. The lowest BCUT2D eigenvalue weighted by Crippen LogP contribution is -2.07. The molecule has 0 fully saturated rings. The molecule has 0 saturated heterocycles. The van der Waals surface area contributed by atoms with Gasteiger partial charge in [-0.1, -0.05) is 42.5 Å². The van der Waals surface area contributed by atoms with Crippen molar-refractivity contribution in [2.75, 3.05) is 6.61 Å². The largest absolute Gasteiger partial charge is 0.462 e. The molecule has 0 N–H and O–H groups in total. The smallest absolute Gasteiger partial charge is 0.338 e. The molecule has 2 aromatic rings. The summed E-state index contributed by atoms with van der Waals surface area (Å²) in [6, 6.07) is 16.1. The number of ketones is 1. The van der Waals surface area contributed by atoms with Gasteiger partial charge in [-0.05, 0) is 24.6 Å². The van der Waals surface area contributed by atoms with Crippen molar-refractivity contribution in [1.82, 2.24) is 0 Å². The van der Waals surface area contributed by atoms with Gasteiger partial charge in [-0.2, -0.15) is 0 Å². The molecular weight excluding hydrogens is 252 g/mol. The molecule has 0 bridgehead atoms. The molecule has 0 saturated carbocycles. The second kappa shape index (κ2) is 6.66. The summed E-state index contributed by atoms with van der Waals surface area (Å²) in [5, 5.41) is 0. The minimum Gasteiger partial charge on any atom is -0.462 e. The van der Waals surface area contributed by atoms with Gasteiger partial charge in [0.15, 0.2) is 5.78 Å². The Morgan fingerprint density at radius 1 is 0.950 bits per heavy atom. The van der Waals surface area contributed by atoms with E-state index in [1.54, 1.807) is 37.3 Å². The Morgan fingerprint density at radius 3 is 2.35 bits per heavy atom. The van der Waals surface area contributed by atoms with Gasteiger partial charge < -0.3 is 4.74 Å². The zero-order chi connectivity index (χ0) is 14.4. The zero-order valence-corrected chi connectivity index (χ0v) is 11.3. The quantitative estimate of drug-likeness (QED) is 0.617. The summed E-state index contributed by atoms with van der Waals surface area (Å²) in [6.07, 6.45) is 0.275. The number of rotatable bonds is 5. The van der Waals surface area contributed by atoms with Gasteiger partial charge in [0.05, 0.1) is 12.2 Å². The molecule has 0 aromatic heterocycles. The van der Waals surface area contributed by atoms with E-state index in [4.69, 9.17) is 4.74 Å². The molecule has 3 heteroatoms. The fraction of sp³-hybridized carbons (Fsp3) is 0.176. The average Bonchev–Trinajstić information content (AvgIpc) is 2.48. The van der Waals surface area contributed by atoms with Crippen molar-refractivity contribution in [1.29, 1.82) is 0 Å². The Balaban J connectivity index is 2.12.